The van der Waals surface area contributed by atoms with Crippen molar-refractivity contribution in [2.24, 2.45) is 7.05 Å². The van der Waals surface area contributed by atoms with Gasteiger partial charge >= 0.3 is 0 Å². The number of rotatable bonds is 6. The molecule has 1 aliphatic rings. The largest absolute Gasteiger partial charge is 0.369 e. The van der Waals surface area contributed by atoms with E-state index in [2.05, 4.69) is 20.3 Å². The van der Waals surface area contributed by atoms with Crippen LogP contribution in [-0.4, -0.2) is 59.6 Å². The molecular formula is C21H23ClN6O3S. The minimum atomic E-state index is -3.93. The van der Waals surface area contributed by atoms with Gasteiger partial charge in [-0.25, -0.2) is 8.42 Å². The van der Waals surface area contributed by atoms with Gasteiger partial charge in [0.05, 0.1) is 5.56 Å². The zero-order valence-corrected chi connectivity index (χ0v) is 19.1. The Morgan fingerprint density at radius 3 is 2.50 bits per heavy atom. The van der Waals surface area contributed by atoms with Crippen molar-refractivity contribution in [3.05, 3.63) is 71.1 Å². The molecule has 2 aromatic heterocycles. The molecule has 0 bridgehead atoms. The first-order valence-electron chi connectivity index (χ1n) is 10.1. The van der Waals surface area contributed by atoms with E-state index in [0.29, 0.717) is 18.1 Å². The molecule has 1 amide bonds. The SMILES string of the molecule is Cn1cc(C(=O)NCc2cccnc2)c(S(=O)(=O)N2CCN(c3ccc(Cl)cc3)CC2)n1. The Morgan fingerprint density at radius 1 is 1.12 bits per heavy atom. The summed E-state index contributed by atoms with van der Waals surface area (Å²) in [5, 5.41) is 7.27. The number of nitrogens with zero attached hydrogens (tertiary/aromatic N) is 5. The Labute approximate surface area is 191 Å². The molecule has 1 aliphatic heterocycles. The lowest BCUT2D eigenvalue weighted by atomic mass is 10.2. The van der Waals surface area contributed by atoms with Crippen LogP contribution in [0.2, 0.25) is 5.02 Å². The molecule has 1 aromatic carbocycles. The summed E-state index contributed by atoms with van der Waals surface area (Å²) < 4.78 is 29.3. The van der Waals surface area contributed by atoms with Crippen LogP contribution in [0.1, 0.15) is 15.9 Å². The Hall–Kier alpha value is -2.95. The molecule has 0 aliphatic carbocycles. The van der Waals surface area contributed by atoms with Crippen LogP contribution in [0.15, 0.2) is 60.0 Å². The summed E-state index contributed by atoms with van der Waals surface area (Å²) in [5.74, 6) is -0.500. The lowest BCUT2D eigenvalue weighted by molar-refractivity contribution is 0.0947. The van der Waals surface area contributed by atoms with E-state index in [1.165, 1.54) is 15.2 Å². The average molecular weight is 475 g/mol. The number of anilines is 1. The van der Waals surface area contributed by atoms with Crippen molar-refractivity contribution in [1.82, 2.24) is 24.4 Å². The maximum Gasteiger partial charge on any atom is 0.263 e. The Kier molecular flexibility index (Phi) is 6.45. The fourth-order valence-corrected chi connectivity index (χ4v) is 5.23. The number of pyridine rings is 1. The van der Waals surface area contributed by atoms with Gasteiger partial charge < -0.3 is 10.2 Å². The molecular weight excluding hydrogens is 452 g/mol. The Bertz CT molecular complexity index is 1190. The summed E-state index contributed by atoms with van der Waals surface area (Å²) in [6.45, 7) is 1.86. The highest BCUT2D eigenvalue weighted by atomic mass is 35.5. The third-order valence-electron chi connectivity index (χ3n) is 5.23. The van der Waals surface area contributed by atoms with Gasteiger partial charge in [-0.15, -0.1) is 0 Å². The van der Waals surface area contributed by atoms with Crippen molar-refractivity contribution < 1.29 is 13.2 Å². The van der Waals surface area contributed by atoms with Gasteiger partial charge in [-0.1, -0.05) is 17.7 Å². The summed E-state index contributed by atoms with van der Waals surface area (Å²) in [6.07, 6.45) is 4.71. The summed E-state index contributed by atoms with van der Waals surface area (Å²) >= 11 is 5.95. The number of aromatic nitrogens is 3. The predicted octanol–water partition coefficient (Wildman–Crippen LogP) is 1.91. The van der Waals surface area contributed by atoms with E-state index < -0.39 is 15.9 Å². The quantitative estimate of drug-likeness (QED) is 0.585. The maximum atomic E-state index is 13.3. The van der Waals surface area contributed by atoms with Crippen molar-refractivity contribution >= 4 is 33.2 Å². The molecule has 0 radical (unpaired) electrons. The molecule has 0 atom stereocenters. The molecule has 9 nitrogen and oxygen atoms in total. The second-order valence-electron chi connectivity index (χ2n) is 7.43. The van der Waals surface area contributed by atoms with E-state index in [-0.39, 0.29) is 30.2 Å². The summed E-state index contributed by atoms with van der Waals surface area (Å²) in [6, 6.07) is 11.0. The molecule has 0 spiro atoms. The van der Waals surface area contributed by atoms with Gasteiger partial charge in [0.25, 0.3) is 15.9 Å². The van der Waals surface area contributed by atoms with Gasteiger partial charge in [-0.3, -0.25) is 14.5 Å². The van der Waals surface area contributed by atoms with E-state index in [1.807, 2.05) is 30.3 Å². The molecule has 32 heavy (non-hydrogen) atoms. The van der Waals surface area contributed by atoms with E-state index in [1.54, 1.807) is 25.5 Å². The van der Waals surface area contributed by atoms with Crippen molar-refractivity contribution in [2.45, 2.75) is 11.6 Å². The minimum Gasteiger partial charge on any atom is -0.369 e. The second-order valence-corrected chi connectivity index (χ2v) is 9.72. The fraction of sp³-hybridized carbons (Fsp3) is 0.286. The highest BCUT2D eigenvalue weighted by Gasteiger charge is 2.34. The number of piperazine rings is 1. The topological polar surface area (TPSA) is 100 Å². The van der Waals surface area contributed by atoms with Gasteiger partial charge in [-0.2, -0.15) is 9.40 Å². The van der Waals surface area contributed by atoms with Crippen LogP contribution in [0.25, 0.3) is 0 Å². The number of aryl methyl sites for hydroxylation is 1. The first kappa shape index (κ1) is 22.3. The standard InChI is InChI=1S/C21H23ClN6O3S/c1-26-15-19(20(29)24-14-16-3-2-8-23-13-16)21(25-26)32(30,31)28-11-9-27(10-12-28)18-6-4-17(22)5-7-18/h2-8,13,15H,9-12,14H2,1H3,(H,24,29). The first-order chi connectivity index (χ1) is 15.3. The fourth-order valence-electron chi connectivity index (χ4n) is 3.56. The number of nitrogens with one attached hydrogen (secondary N) is 1. The van der Waals surface area contributed by atoms with E-state index >= 15 is 0 Å². The third kappa shape index (κ3) is 4.77. The number of sulfonamides is 1. The Balaban J connectivity index is 1.47. The smallest absolute Gasteiger partial charge is 0.263 e. The number of benzene rings is 1. The molecule has 1 fully saturated rings. The van der Waals surface area contributed by atoms with Crippen LogP contribution in [0.4, 0.5) is 5.69 Å². The second kappa shape index (κ2) is 9.27. The lowest BCUT2D eigenvalue weighted by Crippen LogP contribution is -2.49. The summed E-state index contributed by atoms with van der Waals surface area (Å²) in [4.78, 5) is 18.9. The van der Waals surface area contributed by atoms with Gasteiger partial charge in [0.15, 0.2) is 0 Å². The molecule has 1 saturated heterocycles. The van der Waals surface area contributed by atoms with Gasteiger partial charge in [0.1, 0.15) is 0 Å². The van der Waals surface area contributed by atoms with Gasteiger partial charge in [0.2, 0.25) is 5.03 Å². The Morgan fingerprint density at radius 2 is 1.84 bits per heavy atom. The maximum absolute atomic E-state index is 13.3. The molecule has 3 aromatic rings. The molecule has 0 unspecified atom stereocenters. The van der Waals surface area contributed by atoms with Crippen LogP contribution in [-0.2, 0) is 23.6 Å². The molecule has 0 saturated carbocycles. The van der Waals surface area contributed by atoms with Crippen LogP contribution in [0.3, 0.4) is 0 Å². The van der Waals surface area contributed by atoms with Crippen molar-refractivity contribution in [3.8, 4) is 0 Å². The van der Waals surface area contributed by atoms with Crippen molar-refractivity contribution in [3.63, 3.8) is 0 Å². The van der Waals surface area contributed by atoms with Crippen LogP contribution >= 0.6 is 11.6 Å². The molecule has 11 heteroatoms. The van der Waals surface area contributed by atoms with Gasteiger partial charge in [0, 0.05) is 69.1 Å². The molecule has 4 rings (SSSR count). The van der Waals surface area contributed by atoms with Crippen LogP contribution < -0.4 is 10.2 Å². The minimum absolute atomic E-state index is 0.0246. The van der Waals surface area contributed by atoms with Crippen LogP contribution in [0, 0.1) is 0 Å². The monoisotopic (exact) mass is 474 g/mol. The number of hydrogen-bond acceptors (Lipinski definition) is 6. The summed E-state index contributed by atoms with van der Waals surface area (Å²) in [7, 11) is -2.34. The third-order valence-corrected chi connectivity index (χ3v) is 7.32. The van der Waals surface area contributed by atoms with Crippen molar-refractivity contribution in [1.29, 1.82) is 0 Å². The number of halogens is 1. The average Bonchev–Trinajstić information content (AvgIpc) is 3.21. The predicted molar refractivity (Wildman–Crippen MR) is 121 cm³/mol. The first-order valence-corrected chi connectivity index (χ1v) is 11.9. The number of amides is 1. The van der Waals surface area contributed by atoms with Crippen LogP contribution in [0.5, 0.6) is 0 Å². The van der Waals surface area contributed by atoms with E-state index in [0.717, 1.165) is 11.3 Å². The molecule has 168 valence electrons. The van der Waals surface area contributed by atoms with Crippen molar-refractivity contribution in [2.75, 3.05) is 31.1 Å². The molecule has 1 N–H and O–H groups in total. The number of carbonyl (C=O) groups excluding carboxylic acids is 1. The van der Waals surface area contributed by atoms with E-state index in [9.17, 15) is 13.2 Å². The highest BCUT2D eigenvalue weighted by molar-refractivity contribution is 7.89. The van der Waals surface area contributed by atoms with Gasteiger partial charge in [-0.05, 0) is 35.9 Å². The zero-order valence-electron chi connectivity index (χ0n) is 17.5. The zero-order chi connectivity index (χ0) is 22.7. The number of hydrogen-bond donors (Lipinski definition) is 1. The number of carbonyl (C=O) groups is 1. The van der Waals surface area contributed by atoms with E-state index in [4.69, 9.17) is 11.6 Å². The summed E-state index contributed by atoms with van der Waals surface area (Å²) in [5.41, 5.74) is 1.82. The molecule has 3 heterocycles. The highest BCUT2D eigenvalue weighted by Crippen LogP contribution is 2.23. The lowest BCUT2D eigenvalue weighted by Gasteiger charge is -2.35. The normalized spacial score (nSPS) is 15.0.